The number of aromatic nitrogens is 4. The van der Waals surface area contributed by atoms with Gasteiger partial charge in [0.05, 0.1) is 11.4 Å². The summed E-state index contributed by atoms with van der Waals surface area (Å²) >= 11 is 1.28. The number of aliphatic carboxylic acids is 1. The molecule has 0 spiro atoms. The SMILES string of the molecule is CCCc1nn(C)c2c1nc(SCC(=O)O)n2C(C)CC. The van der Waals surface area contributed by atoms with Crippen molar-refractivity contribution in [2.45, 2.75) is 51.2 Å². The Bertz CT molecular complexity index is 647. The highest BCUT2D eigenvalue weighted by Gasteiger charge is 2.22. The summed E-state index contributed by atoms with van der Waals surface area (Å²) in [6.45, 7) is 6.36. The average Bonchev–Trinajstić information content (AvgIpc) is 2.95. The molecule has 0 amide bonds. The standard InChI is InChI=1S/C14H22N4O2S/c1-5-7-10-12-13(17(4)16-10)18(9(3)6-2)14(15-12)21-8-11(19)20/h9H,5-8H2,1-4H3,(H,19,20). The quantitative estimate of drug-likeness (QED) is 0.796. The summed E-state index contributed by atoms with van der Waals surface area (Å²) in [7, 11) is 1.92. The Labute approximate surface area is 128 Å². The number of imidazole rings is 1. The van der Waals surface area contributed by atoms with Crippen LogP contribution in [0.15, 0.2) is 5.16 Å². The van der Waals surface area contributed by atoms with Gasteiger partial charge in [-0.25, -0.2) is 4.98 Å². The smallest absolute Gasteiger partial charge is 0.313 e. The van der Waals surface area contributed by atoms with E-state index in [1.54, 1.807) is 0 Å². The molecule has 2 heterocycles. The van der Waals surface area contributed by atoms with Crippen molar-refractivity contribution in [2.24, 2.45) is 7.05 Å². The van der Waals surface area contributed by atoms with Crippen molar-refractivity contribution in [2.75, 3.05) is 5.75 Å². The molecule has 0 bridgehead atoms. The molecule has 116 valence electrons. The Hall–Kier alpha value is -1.50. The minimum atomic E-state index is -0.824. The van der Waals surface area contributed by atoms with E-state index in [2.05, 4.69) is 35.4 Å². The molecule has 1 atom stereocenters. The number of carbonyl (C=O) groups is 1. The molecule has 2 aromatic heterocycles. The molecule has 0 aliphatic carbocycles. The Morgan fingerprint density at radius 3 is 2.71 bits per heavy atom. The summed E-state index contributed by atoms with van der Waals surface area (Å²) in [5, 5.41) is 14.2. The summed E-state index contributed by atoms with van der Waals surface area (Å²) in [4.78, 5) is 15.5. The van der Waals surface area contributed by atoms with Crippen LogP contribution < -0.4 is 0 Å². The van der Waals surface area contributed by atoms with Gasteiger partial charge in [-0.1, -0.05) is 32.0 Å². The summed E-state index contributed by atoms with van der Waals surface area (Å²) in [6, 6.07) is 0.260. The van der Waals surface area contributed by atoms with Crippen molar-refractivity contribution >= 4 is 28.9 Å². The van der Waals surface area contributed by atoms with Gasteiger partial charge in [-0.15, -0.1) is 0 Å². The summed E-state index contributed by atoms with van der Waals surface area (Å²) in [6.07, 6.45) is 2.86. The Morgan fingerprint density at radius 2 is 2.14 bits per heavy atom. The van der Waals surface area contributed by atoms with Gasteiger partial charge in [0, 0.05) is 13.1 Å². The Kier molecular flexibility index (Phi) is 4.92. The molecule has 0 aliphatic heterocycles. The molecule has 0 radical (unpaired) electrons. The number of nitrogens with zero attached hydrogens (tertiary/aromatic N) is 4. The number of hydrogen-bond donors (Lipinski definition) is 1. The van der Waals surface area contributed by atoms with Crippen LogP contribution in [0.25, 0.3) is 11.2 Å². The van der Waals surface area contributed by atoms with Crippen molar-refractivity contribution in [1.29, 1.82) is 0 Å². The maximum atomic E-state index is 10.8. The van der Waals surface area contributed by atoms with E-state index in [1.165, 1.54) is 11.8 Å². The molecular weight excluding hydrogens is 288 g/mol. The molecule has 0 aliphatic rings. The van der Waals surface area contributed by atoms with Crippen molar-refractivity contribution in [3.63, 3.8) is 0 Å². The van der Waals surface area contributed by atoms with E-state index in [1.807, 2.05) is 11.7 Å². The lowest BCUT2D eigenvalue weighted by Crippen LogP contribution is -2.10. The van der Waals surface area contributed by atoms with Crippen LogP contribution in [0.2, 0.25) is 0 Å². The minimum absolute atomic E-state index is 0.0241. The van der Waals surface area contributed by atoms with Crippen molar-refractivity contribution in [3.05, 3.63) is 5.69 Å². The zero-order chi connectivity index (χ0) is 15.6. The third-order valence-electron chi connectivity index (χ3n) is 3.55. The van der Waals surface area contributed by atoms with E-state index in [0.717, 1.165) is 41.3 Å². The van der Waals surface area contributed by atoms with E-state index in [9.17, 15) is 4.79 Å². The van der Waals surface area contributed by atoms with Gasteiger partial charge in [-0.3, -0.25) is 9.48 Å². The normalized spacial score (nSPS) is 13.0. The topological polar surface area (TPSA) is 72.9 Å². The number of hydrogen-bond acceptors (Lipinski definition) is 4. The molecule has 7 heteroatoms. The highest BCUT2D eigenvalue weighted by Crippen LogP contribution is 2.30. The fourth-order valence-corrected chi connectivity index (χ4v) is 3.21. The molecule has 0 aromatic carbocycles. The molecule has 1 unspecified atom stereocenters. The Balaban J connectivity index is 2.55. The highest BCUT2D eigenvalue weighted by molar-refractivity contribution is 7.99. The second-order valence-corrected chi connectivity index (χ2v) is 6.14. The summed E-state index contributed by atoms with van der Waals surface area (Å²) in [5.41, 5.74) is 2.89. The van der Waals surface area contributed by atoms with E-state index in [4.69, 9.17) is 5.11 Å². The van der Waals surface area contributed by atoms with Gasteiger partial charge in [0.2, 0.25) is 0 Å². The second-order valence-electron chi connectivity index (χ2n) is 5.20. The van der Waals surface area contributed by atoms with Crippen LogP contribution in [-0.4, -0.2) is 36.2 Å². The lowest BCUT2D eigenvalue weighted by Gasteiger charge is -2.15. The van der Waals surface area contributed by atoms with E-state index >= 15 is 0 Å². The highest BCUT2D eigenvalue weighted by atomic mass is 32.2. The predicted octanol–water partition coefficient (Wildman–Crippen LogP) is 2.87. The van der Waals surface area contributed by atoms with Gasteiger partial charge >= 0.3 is 5.97 Å². The van der Waals surface area contributed by atoms with Crippen molar-refractivity contribution in [3.8, 4) is 0 Å². The number of thioether (sulfide) groups is 1. The number of carboxylic acids is 1. The zero-order valence-electron chi connectivity index (χ0n) is 13.0. The van der Waals surface area contributed by atoms with Crippen LogP contribution in [0.1, 0.15) is 45.3 Å². The molecule has 21 heavy (non-hydrogen) atoms. The third-order valence-corrected chi connectivity index (χ3v) is 4.48. The number of rotatable bonds is 7. The fraction of sp³-hybridized carbons (Fsp3) is 0.643. The molecule has 0 fully saturated rings. The average molecular weight is 310 g/mol. The minimum Gasteiger partial charge on any atom is -0.481 e. The molecule has 1 N–H and O–H groups in total. The van der Waals surface area contributed by atoms with Crippen LogP contribution in [0.3, 0.4) is 0 Å². The van der Waals surface area contributed by atoms with Gasteiger partial charge in [-0.05, 0) is 19.8 Å². The molecule has 2 aromatic rings. The number of aryl methyl sites for hydroxylation is 2. The first-order valence-electron chi connectivity index (χ1n) is 7.27. The van der Waals surface area contributed by atoms with Gasteiger partial charge in [0.15, 0.2) is 10.8 Å². The van der Waals surface area contributed by atoms with Gasteiger partial charge in [0.1, 0.15) is 5.52 Å². The lowest BCUT2D eigenvalue weighted by atomic mass is 10.2. The molecule has 6 nitrogen and oxygen atoms in total. The first-order valence-corrected chi connectivity index (χ1v) is 8.26. The monoisotopic (exact) mass is 310 g/mol. The zero-order valence-corrected chi connectivity index (χ0v) is 13.8. The molecule has 2 rings (SSSR count). The number of fused-ring (bicyclic) bond motifs is 1. The van der Waals surface area contributed by atoms with Crippen LogP contribution in [0.4, 0.5) is 0 Å². The summed E-state index contributed by atoms with van der Waals surface area (Å²) in [5.74, 6) is -0.800. The van der Waals surface area contributed by atoms with Crippen molar-refractivity contribution < 1.29 is 9.90 Å². The predicted molar refractivity (Wildman–Crippen MR) is 83.9 cm³/mol. The van der Waals surface area contributed by atoms with Crippen LogP contribution in [-0.2, 0) is 18.3 Å². The van der Waals surface area contributed by atoms with Crippen LogP contribution in [0, 0.1) is 0 Å². The van der Waals surface area contributed by atoms with Gasteiger partial charge < -0.3 is 9.67 Å². The Morgan fingerprint density at radius 1 is 1.43 bits per heavy atom. The summed E-state index contributed by atoms with van der Waals surface area (Å²) < 4.78 is 3.99. The molecular formula is C14H22N4O2S. The van der Waals surface area contributed by atoms with Crippen molar-refractivity contribution in [1.82, 2.24) is 19.3 Å². The van der Waals surface area contributed by atoms with Crippen LogP contribution in [0.5, 0.6) is 0 Å². The fourth-order valence-electron chi connectivity index (χ4n) is 2.40. The first kappa shape index (κ1) is 15.9. The van der Waals surface area contributed by atoms with Gasteiger partial charge in [-0.2, -0.15) is 5.10 Å². The molecule has 0 saturated heterocycles. The first-order chi connectivity index (χ1) is 9.99. The lowest BCUT2D eigenvalue weighted by molar-refractivity contribution is -0.133. The third kappa shape index (κ3) is 3.07. The van der Waals surface area contributed by atoms with E-state index in [-0.39, 0.29) is 11.8 Å². The van der Waals surface area contributed by atoms with Crippen LogP contribution >= 0.6 is 11.8 Å². The van der Waals surface area contributed by atoms with Gasteiger partial charge in [0.25, 0.3) is 0 Å². The number of carboxylic acid groups (broad SMARTS) is 1. The van der Waals surface area contributed by atoms with E-state index in [0.29, 0.717) is 0 Å². The largest absolute Gasteiger partial charge is 0.481 e. The maximum Gasteiger partial charge on any atom is 0.313 e. The second kappa shape index (κ2) is 6.51. The molecule has 0 saturated carbocycles. The maximum absolute atomic E-state index is 10.8. The van der Waals surface area contributed by atoms with E-state index < -0.39 is 5.97 Å².